The summed E-state index contributed by atoms with van der Waals surface area (Å²) in [5.74, 6) is 0.853. The average Bonchev–Trinajstić information content (AvgIpc) is 3.24. The number of fused-ring (bicyclic) bond motifs is 2. The summed E-state index contributed by atoms with van der Waals surface area (Å²) in [6, 6.07) is 19.6. The fourth-order valence-corrected chi connectivity index (χ4v) is 3.61. The first-order chi connectivity index (χ1) is 15.1. The number of hydrogen-bond donors (Lipinski definition) is 1. The minimum Gasteiger partial charge on any atom is -0.454 e. The van der Waals surface area contributed by atoms with Crippen LogP contribution in [0.5, 0.6) is 11.5 Å². The zero-order chi connectivity index (χ0) is 21.4. The van der Waals surface area contributed by atoms with Crippen molar-refractivity contribution in [3.63, 3.8) is 0 Å². The summed E-state index contributed by atoms with van der Waals surface area (Å²) < 4.78 is 10.6. The molecule has 1 amide bonds. The van der Waals surface area contributed by atoms with Crippen molar-refractivity contribution < 1.29 is 14.3 Å². The van der Waals surface area contributed by atoms with Gasteiger partial charge in [-0.05, 0) is 35.9 Å². The molecule has 0 spiro atoms. The topological polar surface area (TPSA) is 82.4 Å². The Labute approximate surface area is 181 Å². The van der Waals surface area contributed by atoms with Crippen LogP contribution >= 0.6 is 11.6 Å². The molecule has 0 saturated heterocycles. The number of ether oxygens (including phenoxy) is 2. The number of nitrogens with zero attached hydrogens (tertiary/aromatic N) is 2. The Morgan fingerprint density at radius 2 is 1.74 bits per heavy atom. The predicted octanol–water partition coefficient (Wildman–Crippen LogP) is 3.76. The van der Waals surface area contributed by atoms with Gasteiger partial charge in [0.2, 0.25) is 12.7 Å². The summed E-state index contributed by atoms with van der Waals surface area (Å²) in [4.78, 5) is 26.6. The van der Waals surface area contributed by atoms with Crippen molar-refractivity contribution >= 4 is 28.3 Å². The molecule has 1 N–H and O–H groups in total. The largest absolute Gasteiger partial charge is 0.454 e. The number of hydrogen-bond acceptors (Lipinski definition) is 5. The molecule has 7 nitrogen and oxygen atoms in total. The van der Waals surface area contributed by atoms with Crippen LogP contribution in [0.2, 0.25) is 5.02 Å². The molecule has 0 atom stereocenters. The number of carbonyl (C=O) groups is 1. The molecule has 0 unspecified atom stereocenters. The minimum atomic E-state index is -0.410. The fourth-order valence-electron chi connectivity index (χ4n) is 3.48. The molecule has 0 bridgehead atoms. The van der Waals surface area contributed by atoms with Crippen LogP contribution in [0.15, 0.2) is 71.5 Å². The van der Waals surface area contributed by atoms with Crippen LogP contribution in [-0.2, 0) is 11.2 Å². The number of rotatable bonds is 4. The molecular formula is C23H16ClN3O4. The molecule has 4 aromatic rings. The second-order valence-corrected chi connectivity index (χ2v) is 7.45. The molecule has 5 rings (SSSR count). The van der Waals surface area contributed by atoms with E-state index in [4.69, 9.17) is 21.1 Å². The fraction of sp³-hybridized carbons (Fsp3) is 0.0870. The maximum Gasteiger partial charge on any atom is 0.294 e. The van der Waals surface area contributed by atoms with Crippen LogP contribution in [0.3, 0.4) is 0 Å². The second kappa shape index (κ2) is 7.77. The lowest BCUT2D eigenvalue weighted by Gasteiger charge is -2.12. The molecule has 0 saturated carbocycles. The maximum absolute atomic E-state index is 12.9. The van der Waals surface area contributed by atoms with Gasteiger partial charge in [-0.25, -0.2) is 5.43 Å². The Morgan fingerprint density at radius 3 is 2.55 bits per heavy atom. The lowest BCUT2D eigenvalue weighted by atomic mass is 10.1. The van der Waals surface area contributed by atoms with Gasteiger partial charge in [-0.2, -0.15) is 0 Å². The standard InChI is InChI=1S/C23H16ClN3O4/c24-16-8-6-15(7-9-16)22-17-3-1-2-4-18(17)23(29)27(26-22)25-21(28)12-14-5-10-19-20(11-14)31-13-30-19/h1-11H,12-13H2,(H,25,28). The van der Waals surface area contributed by atoms with E-state index in [2.05, 4.69) is 10.5 Å². The van der Waals surface area contributed by atoms with Gasteiger partial charge in [0.05, 0.1) is 11.8 Å². The van der Waals surface area contributed by atoms with Crippen LogP contribution in [0, 0.1) is 0 Å². The Morgan fingerprint density at radius 1 is 1.00 bits per heavy atom. The molecule has 2 heterocycles. The molecule has 0 radical (unpaired) electrons. The summed E-state index contributed by atoms with van der Waals surface area (Å²) >= 11 is 6.01. The van der Waals surface area contributed by atoms with Gasteiger partial charge in [0.25, 0.3) is 5.56 Å². The molecule has 0 aliphatic carbocycles. The van der Waals surface area contributed by atoms with Crippen molar-refractivity contribution in [3.8, 4) is 22.8 Å². The molecule has 31 heavy (non-hydrogen) atoms. The van der Waals surface area contributed by atoms with Crippen molar-refractivity contribution in [2.24, 2.45) is 0 Å². The Kier molecular flexibility index (Phi) is 4.80. The average molecular weight is 434 g/mol. The number of amides is 1. The number of aromatic nitrogens is 2. The Balaban J connectivity index is 1.49. The zero-order valence-corrected chi connectivity index (χ0v) is 16.9. The van der Waals surface area contributed by atoms with E-state index in [0.29, 0.717) is 33.0 Å². The van der Waals surface area contributed by atoms with Crippen molar-refractivity contribution in [1.82, 2.24) is 9.89 Å². The lowest BCUT2D eigenvalue weighted by molar-refractivity contribution is -0.116. The highest BCUT2D eigenvalue weighted by Gasteiger charge is 2.16. The van der Waals surface area contributed by atoms with Crippen LogP contribution in [0.4, 0.5) is 0 Å². The van der Waals surface area contributed by atoms with E-state index in [9.17, 15) is 9.59 Å². The van der Waals surface area contributed by atoms with Crippen LogP contribution < -0.4 is 20.5 Å². The van der Waals surface area contributed by atoms with Gasteiger partial charge in [0.15, 0.2) is 11.5 Å². The van der Waals surface area contributed by atoms with E-state index >= 15 is 0 Å². The van der Waals surface area contributed by atoms with E-state index < -0.39 is 5.56 Å². The summed E-state index contributed by atoms with van der Waals surface area (Å²) in [5.41, 5.74) is 4.26. The second-order valence-electron chi connectivity index (χ2n) is 7.02. The number of benzene rings is 3. The van der Waals surface area contributed by atoms with Gasteiger partial charge < -0.3 is 9.47 Å². The van der Waals surface area contributed by atoms with E-state index in [1.807, 2.05) is 24.3 Å². The van der Waals surface area contributed by atoms with Gasteiger partial charge in [-0.15, -0.1) is 9.89 Å². The minimum absolute atomic E-state index is 0.0495. The van der Waals surface area contributed by atoms with E-state index in [1.54, 1.807) is 42.5 Å². The van der Waals surface area contributed by atoms with Crippen molar-refractivity contribution in [1.29, 1.82) is 0 Å². The highest BCUT2D eigenvalue weighted by atomic mass is 35.5. The van der Waals surface area contributed by atoms with Gasteiger partial charge in [0, 0.05) is 16.0 Å². The monoisotopic (exact) mass is 433 g/mol. The number of halogens is 1. The number of nitrogens with one attached hydrogen (secondary N) is 1. The van der Waals surface area contributed by atoms with Gasteiger partial charge >= 0.3 is 0 Å². The Bertz CT molecular complexity index is 1370. The molecule has 3 aromatic carbocycles. The Hall–Kier alpha value is -3.84. The molecule has 0 fully saturated rings. The molecule has 1 aromatic heterocycles. The van der Waals surface area contributed by atoms with E-state index in [0.717, 1.165) is 15.9 Å². The first-order valence-electron chi connectivity index (χ1n) is 9.55. The predicted molar refractivity (Wildman–Crippen MR) is 117 cm³/mol. The van der Waals surface area contributed by atoms with E-state index in [1.165, 1.54) is 0 Å². The first-order valence-corrected chi connectivity index (χ1v) is 9.93. The third kappa shape index (κ3) is 3.71. The third-order valence-electron chi connectivity index (χ3n) is 4.95. The normalized spacial score (nSPS) is 12.2. The molecule has 1 aliphatic rings. The van der Waals surface area contributed by atoms with Crippen LogP contribution in [0.1, 0.15) is 5.56 Å². The molecule has 8 heteroatoms. The van der Waals surface area contributed by atoms with Crippen molar-refractivity contribution in [3.05, 3.63) is 87.7 Å². The maximum atomic E-state index is 12.9. The highest BCUT2D eigenvalue weighted by molar-refractivity contribution is 6.30. The first kappa shape index (κ1) is 19.1. The highest BCUT2D eigenvalue weighted by Crippen LogP contribution is 2.32. The third-order valence-corrected chi connectivity index (χ3v) is 5.21. The summed E-state index contributed by atoms with van der Waals surface area (Å²) in [5, 5.41) is 6.16. The van der Waals surface area contributed by atoms with Crippen molar-refractivity contribution in [2.45, 2.75) is 6.42 Å². The SMILES string of the molecule is O=C(Cc1ccc2c(c1)OCO2)Nn1nc(-c2ccc(Cl)cc2)c2ccccc2c1=O. The van der Waals surface area contributed by atoms with Crippen molar-refractivity contribution in [2.75, 3.05) is 12.2 Å². The molecule has 154 valence electrons. The molecular weight excluding hydrogens is 418 g/mol. The summed E-state index contributed by atoms with van der Waals surface area (Å²) in [6.07, 6.45) is 0.0495. The summed E-state index contributed by atoms with van der Waals surface area (Å²) in [7, 11) is 0. The van der Waals surface area contributed by atoms with Crippen LogP contribution in [0.25, 0.3) is 22.0 Å². The lowest BCUT2D eigenvalue weighted by Crippen LogP contribution is -2.36. The zero-order valence-electron chi connectivity index (χ0n) is 16.2. The molecule has 1 aliphatic heterocycles. The van der Waals surface area contributed by atoms with E-state index in [-0.39, 0.29) is 19.1 Å². The summed E-state index contributed by atoms with van der Waals surface area (Å²) in [6.45, 7) is 0.162. The number of carbonyl (C=O) groups excluding carboxylic acids is 1. The van der Waals surface area contributed by atoms with Gasteiger partial charge in [-0.1, -0.05) is 48.0 Å². The van der Waals surface area contributed by atoms with Gasteiger partial charge in [-0.3, -0.25) is 9.59 Å². The quantitative estimate of drug-likeness (QED) is 0.530. The van der Waals surface area contributed by atoms with Gasteiger partial charge in [0.1, 0.15) is 5.69 Å². The van der Waals surface area contributed by atoms with Crippen LogP contribution in [-0.4, -0.2) is 22.6 Å². The smallest absolute Gasteiger partial charge is 0.294 e.